The Labute approximate surface area is 93.4 Å². The van der Waals surface area contributed by atoms with Gasteiger partial charge in [0.05, 0.1) is 5.69 Å². The fourth-order valence-corrected chi connectivity index (χ4v) is 1.72. The maximum Gasteiger partial charge on any atom is 0.249 e. The van der Waals surface area contributed by atoms with Gasteiger partial charge in [-0.25, -0.2) is 0 Å². The van der Waals surface area contributed by atoms with Crippen LogP contribution in [0, 0.1) is 6.92 Å². The number of hydrogen-bond donors (Lipinski definition) is 1. The lowest BCUT2D eigenvalue weighted by molar-refractivity contribution is 0.875. The van der Waals surface area contributed by atoms with Gasteiger partial charge in [-0.1, -0.05) is 30.3 Å². The molecule has 0 fully saturated rings. The third-order valence-corrected chi connectivity index (χ3v) is 2.81. The van der Waals surface area contributed by atoms with Crippen LogP contribution < -0.4 is 16.2 Å². The molecule has 0 heterocycles. The molecule has 0 saturated carbocycles. The number of hydrogen-bond acceptors (Lipinski definition) is 3. The molecule has 2 rings (SSSR count). The van der Waals surface area contributed by atoms with E-state index < -0.39 is 5.43 Å². The SMILES string of the molecule is Cc1c(NC(C)c2ccccc2)c(=O)c1=O. The molecule has 82 valence electrons. The van der Waals surface area contributed by atoms with Crippen LogP contribution in [0.4, 0.5) is 5.69 Å². The van der Waals surface area contributed by atoms with Crippen molar-refractivity contribution >= 4 is 5.69 Å². The summed E-state index contributed by atoms with van der Waals surface area (Å²) in [5, 5.41) is 3.07. The first-order valence-electron chi connectivity index (χ1n) is 5.22. The van der Waals surface area contributed by atoms with E-state index >= 15 is 0 Å². The maximum absolute atomic E-state index is 11.3. The van der Waals surface area contributed by atoms with Gasteiger partial charge in [-0.15, -0.1) is 0 Å². The van der Waals surface area contributed by atoms with Gasteiger partial charge < -0.3 is 5.32 Å². The van der Waals surface area contributed by atoms with Crippen LogP contribution in [-0.4, -0.2) is 0 Å². The van der Waals surface area contributed by atoms with Gasteiger partial charge in [0.2, 0.25) is 10.9 Å². The first kappa shape index (κ1) is 10.6. The Hall–Kier alpha value is -1.90. The third-order valence-electron chi connectivity index (χ3n) is 2.81. The highest BCUT2D eigenvalue weighted by Crippen LogP contribution is 2.18. The van der Waals surface area contributed by atoms with Crippen molar-refractivity contribution in [3.05, 3.63) is 61.9 Å². The second kappa shape index (κ2) is 3.93. The summed E-state index contributed by atoms with van der Waals surface area (Å²) in [5.41, 5.74) is 1.31. The van der Waals surface area contributed by atoms with Gasteiger partial charge in [0.25, 0.3) is 0 Å². The average Bonchev–Trinajstić information content (AvgIpc) is 2.35. The summed E-state index contributed by atoms with van der Waals surface area (Å²) in [6.45, 7) is 3.63. The Balaban J connectivity index is 2.19. The highest BCUT2D eigenvalue weighted by molar-refractivity contribution is 5.56. The predicted molar refractivity (Wildman–Crippen MR) is 64.6 cm³/mol. The Morgan fingerprint density at radius 3 is 2.25 bits per heavy atom. The standard InChI is InChI=1S/C13H13NO2/c1-8-11(13(16)12(8)15)14-9(2)10-6-4-3-5-7-10/h3-7,9,14H,1-2H3. The quantitative estimate of drug-likeness (QED) is 0.793. The van der Waals surface area contributed by atoms with Crippen LogP contribution in [0.3, 0.4) is 0 Å². The Kier molecular flexibility index (Phi) is 2.60. The minimum absolute atomic E-state index is 0.0307. The molecule has 3 heteroatoms. The molecular formula is C13H13NO2. The van der Waals surface area contributed by atoms with Crippen molar-refractivity contribution in [3.8, 4) is 0 Å². The van der Waals surface area contributed by atoms with Crippen molar-refractivity contribution in [2.75, 3.05) is 5.32 Å². The summed E-state index contributed by atoms with van der Waals surface area (Å²) in [6.07, 6.45) is 0. The molecule has 1 N–H and O–H groups in total. The summed E-state index contributed by atoms with van der Waals surface area (Å²) >= 11 is 0. The van der Waals surface area contributed by atoms with Crippen molar-refractivity contribution < 1.29 is 0 Å². The monoisotopic (exact) mass is 215 g/mol. The fraction of sp³-hybridized carbons (Fsp3) is 0.231. The zero-order valence-electron chi connectivity index (χ0n) is 9.28. The molecule has 16 heavy (non-hydrogen) atoms. The van der Waals surface area contributed by atoms with Gasteiger partial charge in [0.1, 0.15) is 0 Å². The number of benzene rings is 1. The molecule has 1 atom stereocenters. The molecule has 3 nitrogen and oxygen atoms in total. The van der Waals surface area contributed by atoms with Gasteiger partial charge in [0, 0.05) is 11.6 Å². The second-order valence-corrected chi connectivity index (χ2v) is 3.93. The molecule has 0 spiro atoms. The molecule has 0 aliphatic heterocycles. The molecule has 0 aliphatic rings. The molecule has 0 aliphatic carbocycles. The van der Waals surface area contributed by atoms with Crippen molar-refractivity contribution in [2.45, 2.75) is 19.9 Å². The van der Waals surface area contributed by atoms with Crippen LogP contribution in [0.15, 0.2) is 39.9 Å². The van der Waals surface area contributed by atoms with Crippen LogP contribution in [0.1, 0.15) is 24.1 Å². The van der Waals surface area contributed by atoms with Gasteiger partial charge in [0.15, 0.2) is 0 Å². The summed E-state index contributed by atoms with van der Waals surface area (Å²) in [4.78, 5) is 22.3. The number of nitrogens with one attached hydrogen (secondary N) is 1. The van der Waals surface area contributed by atoms with E-state index in [0.717, 1.165) is 5.56 Å². The molecule has 0 aromatic heterocycles. The minimum atomic E-state index is -0.403. The molecular weight excluding hydrogens is 202 g/mol. The average molecular weight is 215 g/mol. The molecule has 0 saturated heterocycles. The lowest BCUT2D eigenvalue weighted by Crippen LogP contribution is -2.37. The van der Waals surface area contributed by atoms with Gasteiger partial charge >= 0.3 is 0 Å². The van der Waals surface area contributed by atoms with Crippen LogP contribution in [0.2, 0.25) is 0 Å². The molecule has 1 unspecified atom stereocenters. The highest BCUT2D eigenvalue weighted by Gasteiger charge is 2.18. The van der Waals surface area contributed by atoms with E-state index in [1.165, 1.54) is 0 Å². The molecule has 0 amide bonds. The topological polar surface area (TPSA) is 46.2 Å². The minimum Gasteiger partial charge on any atom is -0.375 e. The van der Waals surface area contributed by atoms with Crippen molar-refractivity contribution in [1.82, 2.24) is 0 Å². The van der Waals surface area contributed by atoms with E-state index in [1.54, 1.807) is 6.92 Å². The van der Waals surface area contributed by atoms with Gasteiger partial charge in [-0.05, 0) is 19.4 Å². The zero-order chi connectivity index (χ0) is 11.7. The van der Waals surface area contributed by atoms with Crippen molar-refractivity contribution in [3.63, 3.8) is 0 Å². The summed E-state index contributed by atoms with van der Waals surface area (Å²) < 4.78 is 0. The molecule has 2 aromatic rings. The Morgan fingerprint density at radius 1 is 1.06 bits per heavy atom. The predicted octanol–water partition coefficient (Wildman–Crippen LogP) is 1.76. The van der Waals surface area contributed by atoms with E-state index in [1.807, 2.05) is 37.3 Å². The fourth-order valence-electron chi connectivity index (χ4n) is 1.72. The normalized spacial score (nSPS) is 12.6. The summed E-state index contributed by atoms with van der Waals surface area (Å²) in [5.74, 6) is 0. The Morgan fingerprint density at radius 2 is 1.69 bits per heavy atom. The first-order chi connectivity index (χ1) is 7.61. The van der Waals surface area contributed by atoms with Crippen LogP contribution >= 0.6 is 0 Å². The Bertz CT molecular complexity index is 565. The van der Waals surface area contributed by atoms with Crippen molar-refractivity contribution in [1.29, 1.82) is 0 Å². The highest BCUT2D eigenvalue weighted by atomic mass is 16.2. The van der Waals surface area contributed by atoms with E-state index in [2.05, 4.69) is 5.32 Å². The smallest absolute Gasteiger partial charge is 0.249 e. The lowest BCUT2D eigenvalue weighted by atomic mass is 10.1. The first-order valence-corrected chi connectivity index (χ1v) is 5.22. The van der Waals surface area contributed by atoms with E-state index in [9.17, 15) is 9.59 Å². The molecule has 0 bridgehead atoms. The van der Waals surface area contributed by atoms with Crippen LogP contribution in [-0.2, 0) is 0 Å². The van der Waals surface area contributed by atoms with E-state index in [-0.39, 0.29) is 11.5 Å². The summed E-state index contributed by atoms with van der Waals surface area (Å²) in [6, 6.07) is 9.84. The lowest BCUT2D eigenvalue weighted by Gasteiger charge is -2.17. The molecule has 0 radical (unpaired) electrons. The van der Waals surface area contributed by atoms with Gasteiger partial charge in [-0.2, -0.15) is 0 Å². The largest absolute Gasteiger partial charge is 0.375 e. The number of rotatable bonds is 3. The second-order valence-electron chi connectivity index (χ2n) is 3.93. The van der Waals surface area contributed by atoms with Crippen LogP contribution in [0.5, 0.6) is 0 Å². The molecule has 2 aromatic carbocycles. The summed E-state index contributed by atoms with van der Waals surface area (Å²) in [7, 11) is 0. The number of anilines is 1. The van der Waals surface area contributed by atoms with Crippen molar-refractivity contribution in [2.24, 2.45) is 0 Å². The van der Waals surface area contributed by atoms with E-state index in [0.29, 0.717) is 11.3 Å². The maximum atomic E-state index is 11.3. The van der Waals surface area contributed by atoms with E-state index in [4.69, 9.17) is 0 Å². The van der Waals surface area contributed by atoms with Crippen LogP contribution in [0.25, 0.3) is 0 Å². The van der Waals surface area contributed by atoms with Gasteiger partial charge in [-0.3, -0.25) is 9.59 Å². The third kappa shape index (κ3) is 1.65. The zero-order valence-corrected chi connectivity index (χ0v) is 9.28.